The number of hydrogen-bond donors (Lipinski definition) is 2. The van der Waals surface area contributed by atoms with Crippen molar-refractivity contribution >= 4 is 17.8 Å². The lowest BCUT2D eigenvalue weighted by Gasteiger charge is -2.22. The predicted molar refractivity (Wildman–Crippen MR) is 120 cm³/mol. The number of nitrogens with zero attached hydrogens (tertiary/aromatic N) is 3. The van der Waals surface area contributed by atoms with Crippen LogP contribution < -0.4 is 10.6 Å². The van der Waals surface area contributed by atoms with Crippen LogP contribution >= 0.6 is 0 Å². The quantitative estimate of drug-likeness (QED) is 0.296. The SMILES string of the molecule is CCNC(=NCCCCN1C(=O)c2ccccc2C1=O)NC1CN(C(C)C)CC1C. The molecule has 1 fully saturated rings. The Balaban J connectivity index is 1.46. The van der Waals surface area contributed by atoms with Gasteiger partial charge in [0.25, 0.3) is 11.8 Å². The molecule has 2 aliphatic rings. The van der Waals surface area contributed by atoms with E-state index in [0.29, 0.717) is 42.2 Å². The van der Waals surface area contributed by atoms with E-state index in [-0.39, 0.29) is 11.8 Å². The van der Waals surface area contributed by atoms with Gasteiger partial charge in [-0.15, -0.1) is 0 Å². The molecule has 0 aromatic heterocycles. The molecule has 7 heteroatoms. The van der Waals surface area contributed by atoms with Crippen molar-refractivity contribution < 1.29 is 9.59 Å². The average molecular weight is 414 g/mol. The molecule has 2 N–H and O–H groups in total. The molecule has 0 bridgehead atoms. The first-order chi connectivity index (χ1) is 14.4. The number of likely N-dealkylation sites (tertiary alicyclic amines) is 1. The Kier molecular flexibility index (Phi) is 7.48. The number of carbonyl (C=O) groups excluding carboxylic acids is 2. The molecule has 2 aliphatic heterocycles. The molecular formula is C23H35N5O2. The monoisotopic (exact) mass is 413 g/mol. The molecule has 2 amide bonds. The van der Waals surface area contributed by atoms with E-state index in [1.807, 2.05) is 0 Å². The summed E-state index contributed by atoms with van der Waals surface area (Å²) in [5, 5.41) is 6.92. The topological polar surface area (TPSA) is 77.0 Å². The van der Waals surface area contributed by atoms with Gasteiger partial charge in [-0.2, -0.15) is 0 Å². The molecule has 0 aliphatic carbocycles. The minimum atomic E-state index is -0.181. The average Bonchev–Trinajstić information content (AvgIpc) is 3.21. The molecule has 2 atom stereocenters. The summed E-state index contributed by atoms with van der Waals surface area (Å²) in [4.78, 5) is 33.4. The van der Waals surface area contributed by atoms with Gasteiger partial charge in [0, 0.05) is 44.8 Å². The fraction of sp³-hybridized carbons (Fsp3) is 0.609. The molecule has 30 heavy (non-hydrogen) atoms. The largest absolute Gasteiger partial charge is 0.357 e. The van der Waals surface area contributed by atoms with Gasteiger partial charge in [0.05, 0.1) is 11.1 Å². The third-order valence-electron chi connectivity index (χ3n) is 5.98. The maximum absolute atomic E-state index is 12.4. The maximum atomic E-state index is 12.4. The first-order valence-corrected chi connectivity index (χ1v) is 11.2. The summed E-state index contributed by atoms with van der Waals surface area (Å²) in [7, 11) is 0. The Morgan fingerprint density at radius 1 is 1.13 bits per heavy atom. The minimum Gasteiger partial charge on any atom is -0.357 e. The second-order valence-electron chi connectivity index (χ2n) is 8.55. The lowest BCUT2D eigenvalue weighted by atomic mass is 10.1. The molecule has 1 aromatic carbocycles. The number of aliphatic imine (C=N–C) groups is 1. The van der Waals surface area contributed by atoms with Crippen molar-refractivity contribution in [2.75, 3.05) is 32.7 Å². The van der Waals surface area contributed by atoms with E-state index in [2.05, 4.69) is 43.2 Å². The van der Waals surface area contributed by atoms with Crippen molar-refractivity contribution in [1.82, 2.24) is 20.4 Å². The van der Waals surface area contributed by atoms with Crippen LogP contribution in [0.5, 0.6) is 0 Å². The van der Waals surface area contributed by atoms with Gasteiger partial charge in [-0.25, -0.2) is 0 Å². The zero-order chi connectivity index (χ0) is 21.7. The van der Waals surface area contributed by atoms with Gasteiger partial charge in [0.15, 0.2) is 5.96 Å². The van der Waals surface area contributed by atoms with Crippen LogP contribution in [0.1, 0.15) is 61.3 Å². The summed E-state index contributed by atoms with van der Waals surface area (Å²) in [6.45, 7) is 12.9. The highest BCUT2D eigenvalue weighted by Crippen LogP contribution is 2.22. The third-order valence-corrected chi connectivity index (χ3v) is 5.98. The molecule has 7 nitrogen and oxygen atoms in total. The molecule has 2 unspecified atom stereocenters. The van der Waals surface area contributed by atoms with Crippen LogP contribution in [0.4, 0.5) is 0 Å². The maximum Gasteiger partial charge on any atom is 0.261 e. The Morgan fingerprint density at radius 3 is 2.37 bits per heavy atom. The summed E-state index contributed by atoms with van der Waals surface area (Å²) in [5.41, 5.74) is 1.03. The lowest BCUT2D eigenvalue weighted by molar-refractivity contribution is 0.0652. The fourth-order valence-corrected chi connectivity index (χ4v) is 4.12. The number of rotatable bonds is 8. The number of nitrogens with one attached hydrogen (secondary N) is 2. The highest BCUT2D eigenvalue weighted by atomic mass is 16.2. The molecule has 164 valence electrons. The standard InChI is InChI=1S/C23H35N5O2/c1-5-24-23(26-20-15-27(16(2)3)14-17(20)4)25-12-8-9-13-28-21(29)18-10-6-7-11-19(18)22(28)30/h6-7,10-11,16-17,20H,5,8-9,12-15H2,1-4H3,(H2,24,25,26). The Labute approximate surface area is 179 Å². The van der Waals surface area contributed by atoms with Crippen molar-refractivity contribution in [3.05, 3.63) is 35.4 Å². The van der Waals surface area contributed by atoms with Crippen LogP contribution in [0.25, 0.3) is 0 Å². The summed E-state index contributed by atoms with van der Waals surface area (Å²) in [6.07, 6.45) is 1.57. The van der Waals surface area contributed by atoms with Crippen LogP contribution in [0, 0.1) is 5.92 Å². The molecular weight excluding hydrogens is 378 g/mol. The number of unbranched alkanes of at least 4 members (excludes halogenated alkanes) is 1. The first-order valence-electron chi connectivity index (χ1n) is 11.2. The van der Waals surface area contributed by atoms with Gasteiger partial charge in [-0.3, -0.25) is 24.4 Å². The molecule has 1 aromatic rings. The van der Waals surface area contributed by atoms with E-state index < -0.39 is 0 Å². The Morgan fingerprint density at radius 2 is 1.80 bits per heavy atom. The van der Waals surface area contributed by atoms with Crippen molar-refractivity contribution in [3.63, 3.8) is 0 Å². The number of imide groups is 1. The molecule has 3 rings (SSSR count). The van der Waals surface area contributed by atoms with Crippen molar-refractivity contribution in [2.45, 2.75) is 52.6 Å². The van der Waals surface area contributed by atoms with Crippen LogP contribution in [0.15, 0.2) is 29.3 Å². The van der Waals surface area contributed by atoms with Gasteiger partial charge in [0.2, 0.25) is 0 Å². The van der Waals surface area contributed by atoms with E-state index in [9.17, 15) is 9.59 Å². The van der Waals surface area contributed by atoms with Gasteiger partial charge >= 0.3 is 0 Å². The number of hydrogen-bond acceptors (Lipinski definition) is 4. The molecule has 1 saturated heterocycles. The van der Waals surface area contributed by atoms with Crippen molar-refractivity contribution in [2.24, 2.45) is 10.9 Å². The fourth-order valence-electron chi connectivity index (χ4n) is 4.12. The normalized spacial score (nSPS) is 22.2. The predicted octanol–water partition coefficient (Wildman–Crippen LogP) is 2.35. The van der Waals surface area contributed by atoms with E-state index in [1.54, 1.807) is 24.3 Å². The van der Waals surface area contributed by atoms with Crippen LogP contribution in [-0.2, 0) is 0 Å². The number of carbonyl (C=O) groups is 2. The van der Waals surface area contributed by atoms with Gasteiger partial charge < -0.3 is 10.6 Å². The Hall–Kier alpha value is -2.41. The van der Waals surface area contributed by atoms with E-state index in [4.69, 9.17) is 4.99 Å². The summed E-state index contributed by atoms with van der Waals surface area (Å²) >= 11 is 0. The zero-order valence-electron chi connectivity index (χ0n) is 18.6. The smallest absolute Gasteiger partial charge is 0.261 e. The van der Waals surface area contributed by atoms with Crippen molar-refractivity contribution in [3.8, 4) is 0 Å². The highest BCUT2D eigenvalue weighted by Gasteiger charge is 2.34. The molecule has 2 heterocycles. The second-order valence-corrected chi connectivity index (χ2v) is 8.55. The van der Waals surface area contributed by atoms with Gasteiger partial charge in [-0.1, -0.05) is 19.1 Å². The number of amides is 2. The first kappa shape index (κ1) is 22.3. The number of guanidine groups is 1. The van der Waals surface area contributed by atoms with E-state index in [0.717, 1.165) is 38.4 Å². The Bertz CT molecular complexity index is 757. The van der Waals surface area contributed by atoms with Crippen LogP contribution in [-0.4, -0.2) is 72.4 Å². The minimum absolute atomic E-state index is 0.181. The van der Waals surface area contributed by atoms with E-state index in [1.165, 1.54) is 4.90 Å². The number of fused-ring (bicyclic) bond motifs is 1. The molecule has 0 spiro atoms. The zero-order valence-corrected chi connectivity index (χ0v) is 18.6. The van der Waals surface area contributed by atoms with Crippen LogP contribution in [0.3, 0.4) is 0 Å². The second kappa shape index (κ2) is 10.1. The van der Waals surface area contributed by atoms with Gasteiger partial charge in [-0.05, 0) is 51.7 Å². The van der Waals surface area contributed by atoms with E-state index >= 15 is 0 Å². The molecule has 0 saturated carbocycles. The lowest BCUT2D eigenvalue weighted by Crippen LogP contribution is -2.46. The molecule has 0 radical (unpaired) electrons. The third kappa shape index (κ3) is 5.01. The van der Waals surface area contributed by atoms with Crippen molar-refractivity contribution in [1.29, 1.82) is 0 Å². The van der Waals surface area contributed by atoms with Gasteiger partial charge in [0.1, 0.15) is 0 Å². The summed E-state index contributed by atoms with van der Waals surface area (Å²) in [6, 6.07) is 7.98. The highest BCUT2D eigenvalue weighted by molar-refractivity contribution is 6.21. The van der Waals surface area contributed by atoms with Crippen LogP contribution in [0.2, 0.25) is 0 Å². The number of benzene rings is 1. The summed E-state index contributed by atoms with van der Waals surface area (Å²) in [5.74, 6) is 1.06. The summed E-state index contributed by atoms with van der Waals surface area (Å²) < 4.78 is 0.